The van der Waals surface area contributed by atoms with Gasteiger partial charge in [0.1, 0.15) is 5.75 Å². The summed E-state index contributed by atoms with van der Waals surface area (Å²) >= 11 is 1.30. The predicted octanol–water partition coefficient (Wildman–Crippen LogP) is 5.10. The molecule has 0 bridgehead atoms. The van der Waals surface area contributed by atoms with Crippen LogP contribution >= 0.6 is 11.8 Å². The molecule has 2 aromatic carbocycles. The Morgan fingerprint density at radius 1 is 1.13 bits per heavy atom. The summed E-state index contributed by atoms with van der Waals surface area (Å²) in [5.41, 5.74) is 1.21. The van der Waals surface area contributed by atoms with Crippen LogP contribution in [-0.4, -0.2) is 27.8 Å². The number of ether oxygens (including phenoxy) is 1. The summed E-state index contributed by atoms with van der Waals surface area (Å²) in [6.45, 7) is 4.57. The third-order valence-electron chi connectivity index (χ3n) is 5.08. The second-order valence-corrected chi connectivity index (χ2v) is 8.69. The van der Waals surface area contributed by atoms with E-state index < -0.39 is 5.25 Å². The first-order valence-electron chi connectivity index (χ1n) is 10.6. The van der Waals surface area contributed by atoms with Gasteiger partial charge >= 0.3 is 0 Å². The highest BCUT2D eigenvalue weighted by Gasteiger charge is 2.20. The van der Waals surface area contributed by atoms with E-state index in [1.807, 2.05) is 37.3 Å². The average molecular weight is 440 g/mol. The molecule has 0 aliphatic rings. The van der Waals surface area contributed by atoms with Gasteiger partial charge in [0.15, 0.2) is 5.16 Å². The second-order valence-electron chi connectivity index (χ2n) is 7.38. The summed E-state index contributed by atoms with van der Waals surface area (Å²) in [6, 6.07) is 14.6. The zero-order chi connectivity index (χ0) is 22.2. The van der Waals surface area contributed by atoms with Crippen molar-refractivity contribution < 1.29 is 9.53 Å². The molecular formula is C24H29N3O3S. The molecule has 1 N–H and O–H groups in total. The van der Waals surface area contributed by atoms with Gasteiger partial charge in [-0.3, -0.25) is 14.2 Å². The Kier molecular flexibility index (Phi) is 8.12. The first-order valence-corrected chi connectivity index (χ1v) is 11.5. The number of thioether (sulfide) groups is 1. The van der Waals surface area contributed by atoms with Crippen molar-refractivity contribution >= 4 is 34.3 Å². The number of para-hydroxylation sites is 3. The van der Waals surface area contributed by atoms with E-state index >= 15 is 0 Å². The van der Waals surface area contributed by atoms with E-state index in [-0.39, 0.29) is 11.5 Å². The monoisotopic (exact) mass is 439 g/mol. The van der Waals surface area contributed by atoms with Gasteiger partial charge in [0, 0.05) is 6.54 Å². The highest BCUT2D eigenvalue weighted by atomic mass is 32.2. The summed E-state index contributed by atoms with van der Waals surface area (Å²) in [7, 11) is 1.57. The van der Waals surface area contributed by atoms with Gasteiger partial charge in [0.25, 0.3) is 5.56 Å². The molecule has 0 aliphatic heterocycles. The van der Waals surface area contributed by atoms with Crippen LogP contribution in [0.4, 0.5) is 5.69 Å². The summed E-state index contributed by atoms with van der Waals surface area (Å²) in [4.78, 5) is 30.7. The Balaban J connectivity index is 1.84. The summed E-state index contributed by atoms with van der Waals surface area (Å²) in [5, 5.41) is 3.65. The van der Waals surface area contributed by atoms with Gasteiger partial charge in [-0.25, -0.2) is 4.98 Å². The van der Waals surface area contributed by atoms with Gasteiger partial charge in [0.05, 0.1) is 29.0 Å². The number of anilines is 1. The Bertz CT molecular complexity index is 1100. The lowest BCUT2D eigenvalue weighted by Crippen LogP contribution is -2.27. The SMILES string of the molecule is CCCCCCn1c(SC(C)C(=O)Nc2ccccc2OC)nc2ccccc2c1=O. The number of carbonyl (C=O) groups is 1. The molecule has 1 aromatic heterocycles. The molecule has 0 spiro atoms. The quantitative estimate of drug-likeness (QED) is 0.270. The Hall–Kier alpha value is -2.80. The maximum absolute atomic E-state index is 13.1. The number of benzene rings is 2. The molecule has 0 saturated carbocycles. The standard InChI is InChI=1S/C24H29N3O3S/c1-4-5-6-11-16-27-23(29)18-12-7-8-13-19(18)26-24(27)31-17(2)22(28)25-20-14-9-10-15-21(20)30-3/h7-10,12-15,17H,4-6,11,16H2,1-3H3,(H,25,28). The van der Waals surface area contributed by atoms with E-state index in [2.05, 4.69) is 12.2 Å². The molecule has 31 heavy (non-hydrogen) atoms. The first-order chi connectivity index (χ1) is 15.0. The Labute approximate surface area is 187 Å². The van der Waals surface area contributed by atoms with Gasteiger partial charge < -0.3 is 10.1 Å². The van der Waals surface area contributed by atoms with E-state index in [1.54, 1.807) is 29.9 Å². The number of nitrogens with one attached hydrogen (secondary N) is 1. The molecule has 164 valence electrons. The molecule has 1 heterocycles. The van der Waals surface area contributed by atoms with Crippen molar-refractivity contribution in [2.75, 3.05) is 12.4 Å². The van der Waals surface area contributed by atoms with Crippen LogP contribution < -0.4 is 15.6 Å². The van der Waals surface area contributed by atoms with Crippen molar-refractivity contribution in [3.63, 3.8) is 0 Å². The molecule has 1 amide bonds. The largest absolute Gasteiger partial charge is 0.495 e. The van der Waals surface area contributed by atoms with Crippen molar-refractivity contribution in [1.82, 2.24) is 9.55 Å². The van der Waals surface area contributed by atoms with Crippen molar-refractivity contribution in [3.05, 3.63) is 58.9 Å². The number of rotatable bonds is 10. The third-order valence-corrected chi connectivity index (χ3v) is 6.17. The highest BCUT2D eigenvalue weighted by molar-refractivity contribution is 8.00. The number of unbranched alkanes of at least 4 members (excludes halogenated alkanes) is 3. The van der Waals surface area contributed by atoms with E-state index in [1.165, 1.54) is 11.8 Å². The summed E-state index contributed by atoms with van der Waals surface area (Å²) < 4.78 is 7.03. The maximum Gasteiger partial charge on any atom is 0.262 e. The van der Waals surface area contributed by atoms with E-state index in [4.69, 9.17) is 9.72 Å². The van der Waals surface area contributed by atoms with E-state index in [0.29, 0.717) is 34.0 Å². The highest BCUT2D eigenvalue weighted by Crippen LogP contribution is 2.27. The molecule has 1 atom stereocenters. The number of carbonyl (C=O) groups excluding carboxylic acids is 1. The molecule has 0 fully saturated rings. The number of hydrogen-bond donors (Lipinski definition) is 1. The van der Waals surface area contributed by atoms with Crippen LogP contribution in [0, 0.1) is 0 Å². The van der Waals surface area contributed by atoms with Crippen LogP contribution in [0.25, 0.3) is 10.9 Å². The number of amides is 1. The van der Waals surface area contributed by atoms with Crippen molar-refractivity contribution in [1.29, 1.82) is 0 Å². The molecule has 3 aromatic rings. The average Bonchev–Trinajstić information content (AvgIpc) is 2.78. The first kappa shape index (κ1) is 22.9. The lowest BCUT2D eigenvalue weighted by molar-refractivity contribution is -0.115. The van der Waals surface area contributed by atoms with Crippen molar-refractivity contribution in [3.8, 4) is 5.75 Å². The Morgan fingerprint density at radius 2 is 1.87 bits per heavy atom. The molecule has 6 nitrogen and oxygen atoms in total. The number of hydrogen-bond acceptors (Lipinski definition) is 5. The normalized spacial score (nSPS) is 12.0. The van der Waals surface area contributed by atoms with E-state index in [9.17, 15) is 9.59 Å². The van der Waals surface area contributed by atoms with E-state index in [0.717, 1.165) is 25.7 Å². The van der Waals surface area contributed by atoms with Crippen LogP contribution in [0.5, 0.6) is 5.75 Å². The molecular weight excluding hydrogens is 410 g/mol. The minimum Gasteiger partial charge on any atom is -0.495 e. The van der Waals surface area contributed by atoms with Crippen LogP contribution in [0.2, 0.25) is 0 Å². The third kappa shape index (κ3) is 5.67. The fourth-order valence-electron chi connectivity index (χ4n) is 3.33. The molecule has 7 heteroatoms. The fraction of sp³-hybridized carbons (Fsp3) is 0.375. The molecule has 3 rings (SSSR count). The Morgan fingerprint density at radius 3 is 2.65 bits per heavy atom. The smallest absolute Gasteiger partial charge is 0.262 e. The van der Waals surface area contributed by atoms with Crippen molar-refractivity contribution in [2.45, 2.75) is 56.5 Å². The zero-order valence-corrected chi connectivity index (χ0v) is 19.1. The van der Waals surface area contributed by atoms with Crippen LogP contribution in [0.1, 0.15) is 39.5 Å². The lowest BCUT2D eigenvalue weighted by atomic mass is 10.2. The fourth-order valence-corrected chi connectivity index (χ4v) is 4.26. The number of aromatic nitrogens is 2. The van der Waals surface area contributed by atoms with Gasteiger partial charge in [-0.1, -0.05) is 62.2 Å². The lowest BCUT2D eigenvalue weighted by Gasteiger charge is -2.17. The molecule has 0 radical (unpaired) electrons. The summed E-state index contributed by atoms with van der Waals surface area (Å²) in [6.07, 6.45) is 4.23. The minimum absolute atomic E-state index is 0.0538. The van der Waals surface area contributed by atoms with Gasteiger partial charge in [-0.2, -0.15) is 0 Å². The molecule has 0 saturated heterocycles. The molecule has 0 aliphatic carbocycles. The van der Waals surface area contributed by atoms with Crippen molar-refractivity contribution in [2.24, 2.45) is 0 Å². The van der Waals surface area contributed by atoms with Gasteiger partial charge in [0.2, 0.25) is 5.91 Å². The second kappa shape index (κ2) is 11.0. The minimum atomic E-state index is -0.445. The number of methoxy groups -OCH3 is 1. The molecule has 1 unspecified atom stereocenters. The number of nitrogens with zero attached hydrogens (tertiary/aromatic N) is 2. The zero-order valence-electron chi connectivity index (χ0n) is 18.3. The topological polar surface area (TPSA) is 73.2 Å². The summed E-state index contributed by atoms with van der Waals surface area (Å²) in [5.74, 6) is 0.430. The van der Waals surface area contributed by atoms with Gasteiger partial charge in [-0.15, -0.1) is 0 Å². The van der Waals surface area contributed by atoms with Crippen LogP contribution in [0.3, 0.4) is 0 Å². The predicted molar refractivity (Wildman–Crippen MR) is 127 cm³/mol. The van der Waals surface area contributed by atoms with Crippen LogP contribution in [0.15, 0.2) is 58.5 Å². The van der Waals surface area contributed by atoms with Crippen LogP contribution in [-0.2, 0) is 11.3 Å². The number of fused-ring (bicyclic) bond motifs is 1. The van der Waals surface area contributed by atoms with Gasteiger partial charge in [-0.05, 0) is 37.6 Å². The maximum atomic E-state index is 13.1.